The standard InChI is InChI=1S/C16H14BrClNO2.Y/c1-3-9-21-11-5-6-12(14(18)10-11)15-8-7-13(17)16(20)19(15)4-2;/h1,5-6,10,13H,4,7,9H2,2H3;/q-1;. The van der Waals surface area contributed by atoms with E-state index in [4.69, 9.17) is 22.8 Å². The van der Waals surface area contributed by atoms with Gasteiger partial charge in [0.1, 0.15) is 12.4 Å². The Bertz CT molecular complexity index is 627. The van der Waals surface area contributed by atoms with Crippen LogP contribution in [0.1, 0.15) is 18.9 Å². The number of allylic oxidation sites excluding steroid dienone is 1. The quantitative estimate of drug-likeness (QED) is 0.394. The molecule has 1 amide bonds. The number of carbonyl (C=O) groups is 1. The summed E-state index contributed by atoms with van der Waals surface area (Å²) in [7, 11) is 0. The van der Waals surface area contributed by atoms with Crippen molar-refractivity contribution in [3.8, 4) is 18.1 Å². The Balaban J connectivity index is 0.00000242. The van der Waals surface area contributed by atoms with Crippen LogP contribution in [0.3, 0.4) is 0 Å². The van der Waals surface area contributed by atoms with E-state index in [1.54, 1.807) is 17.0 Å². The number of halogens is 2. The van der Waals surface area contributed by atoms with E-state index in [0.717, 1.165) is 5.56 Å². The first kappa shape index (κ1) is 19.7. The van der Waals surface area contributed by atoms with Crippen LogP contribution in [0.4, 0.5) is 0 Å². The van der Waals surface area contributed by atoms with E-state index in [1.165, 1.54) is 0 Å². The molecule has 1 radical (unpaired) electrons. The van der Waals surface area contributed by atoms with Crippen LogP contribution < -0.4 is 4.74 Å². The van der Waals surface area contributed by atoms with Crippen molar-refractivity contribution in [1.82, 2.24) is 4.90 Å². The first-order chi connectivity index (χ1) is 10.1. The Morgan fingerprint density at radius 1 is 1.59 bits per heavy atom. The molecule has 113 valence electrons. The molecule has 1 aliphatic rings. The van der Waals surface area contributed by atoms with Crippen LogP contribution in [-0.4, -0.2) is 28.8 Å². The zero-order chi connectivity index (χ0) is 15.4. The smallest absolute Gasteiger partial charge is 0.236 e. The third kappa shape index (κ3) is 4.35. The molecule has 2 rings (SSSR count). The summed E-state index contributed by atoms with van der Waals surface area (Å²) in [5.41, 5.74) is 1.48. The fraction of sp³-hybridized carbons (Fsp3) is 0.312. The third-order valence-corrected chi connectivity index (χ3v) is 4.11. The molecule has 0 saturated heterocycles. The fourth-order valence-electron chi connectivity index (χ4n) is 2.11. The molecule has 0 fully saturated rings. The second-order valence-corrected chi connectivity index (χ2v) is 5.93. The van der Waals surface area contributed by atoms with Crippen molar-refractivity contribution in [1.29, 1.82) is 0 Å². The number of amides is 1. The van der Waals surface area contributed by atoms with Crippen LogP contribution in [0.25, 0.3) is 5.70 Å². The summed E-state index contributed by atoms with van der Waals surface area (Å²) in [5.74, 6) is 3.03. The van der Waals surface area contributed by atoms with E-state index in [2.05, 4.69) is 27.9 Å². The molecular formula is C16H14BrClNO2Y-. The van der Waals surface area contributed by atoms with Crippen molar-refractivity contribution >= 4 is 39.1 Å². The van der Waals surface area contributed by atoms with E-state index in [-0.39, 0.29) is 50.1 Å². The zero-order valence-corrected chi connectivity index (χ0v) is 17.3. The van der Waals surface area contributed by atoms with E-state index < -0.39 is 0 Å². The van der Waals surface area contributed by atoms with E-state index in [9.17, 15) is 4.79 Å². The Hall–Kier alpha value is -0.336. The molecule has 1 aromatic rings. The number of carbonyl (C=O) groups excluding carboxylic acids is 1. The Morgan fingerprint density at radius 3 is 2.91 bits per heavy atom. The molecule has 1 unspecified atom stereocenters. The number of rotatable bonds is 4. The maximum absolute atomic E-state index is 12.2. The summed E-state index contributed by atoms with van der Waals surface area (Å²) in [6.45, 7) is 2.67. The molecule has 3 nitrogen and oxygen atoms in total. The largest absolute Gasteiger partial charge is 0.481 e. The van der Waals surface area contributed by atoms with Crippen LogP contribution in [0.2, 0.25) is 5.02 Å². The molecule has 0 aromatic heterocycles. The average molecular weight is 457 g/mol. The minimum Gasteiger partial charge on any atom is -0.481 e. The number of benzene rings is 1. The number of nitrogens with zero attached hydrogens (tertiary/aromatic N) is 1. The van der Waals surface area contributed by atoms with Crippen LogP contribution >= 0.6 is 27.5 Å². The molecular weight excluding hydrogens is 442 g/mol. The van der Waals surface area contributed by atoms with Gasteiger partial charge in [0.15, 0.2) is 0 Å². The van der Waals surface area contributed by atoms with Crippen molar-refractivity contribution in [3.63, 3.8) is 0 Å². The molecule has 0 N–H and O–H groups in total. The minimum atomic E-state index is -0.224. The summed E-state index contributed by atoms with van der Waals surface area (Å²) in [4.78, 5) is 13.6. The molecule has 22 heavy (non-hydrogen) atoms. The summed E-state index contributed by atoms with van der Waals surface area (Å²) in [6, 6.07) is 5.30. The number of ether oxygens (including phenoxy) is 1. The van der Waals surface area contributed by atoms with Gasteiger partial charge in [-0.05, 0) is 24.1 Å². The van der Waals surface area contributed by atoms with Gasteiger partial charge < -0.3 is 9.64 Å². The number of alkyl halides is 1. The molecule has 0 spiro atoms. The van der Waals surface area contributed by atoms with Gasteiger partial charge in [-0.1, -0.05) is 28.3 Å². The maximum Gasteiger partial charge on any atom is 0.236 e. The van der Waals surface area contributed by atoms with E-state index in [1.807, 2.05) is 13.0 Å². The molecule has 1 heterocycles. The van der Waals surface area contributed by atoms with Gasteiger partial charge >= 0.3 is 0 Å². The maximum atomic E-state index is 12.2. The van der Waals surface area contributed by atoms with Crippen LogP contribution in [0.5, 0.6) is 5.75 Å². The summed E-state index contributed by atoms with van der Waals surface area (Å²) in [5, 5.41) is 0.506. The topological polar surface area (TPSA) is 29.5 Å². The predicted molar refractivity (Wildman–Crippen MR) is 87.1 cm³/mol. The predicted octanol–water partition coefficient (Wildman–Crippen LogP) is 3.51. The average Bonchev–Trinajstić information content (AvgIpc) is 2.48. The van der Waals surface area contributed by atoms with Gasteiger partial charge in [0.2, 0.25) is 5.91 Å². The first-order valence-electron chi connectivity index (χ1n) is 6.51. The zero-order valence-electron chi connectivity index (χ0n) is 12.1. The first-order valence-corrected chi connectivity index (χ1v) is 7.80. The summed E-state index contributed by atoms with van der Waals surface area (Å²) >= 11 is 9.66. The molecule has 6 heteroatoms. The van der Waals surface area contributed by atoms with Crippen molar-refractivity contribution in [2.75, 3.05) is 13.2 Å². The second-order valence-electron chi connectivity index (χ2n) is 4.41. The third-order valence-electron chi connectivity index (χ3n) is 3.09. The number of terminal acetylenes is 1. The Kier molecular flexibility index (Phi) is 8.14. The molecule has 1 aliphatic heterocycles. The molecule has 0 aliphatic carbocycles. The van der Waals surface area contributed by atoms with Gasteiger partial charge in [-0.25, -0.2) is 6.08 Å². The van der Waals surface area contributed by atoms with Crippen LogP contribution in [-0.2, 0) is 37.5 Å². The van der Waals surface area contributed by atoms with Crippen molar-refractivity contribution in [2.45, 2.75) is 18.2 Å². The second kappa shape index (κ2) is 9.08. The van der Waals surface area contributed by atoms with Gasteiger partial charge in [-0.3, -0.25) is 4.79 Å². The van der Waals surface area contributed by atoms with Gasteiger partial charge in [0.25, 0.3) is 0 Å². The fourth-order valence-corrected chi connectivity index (χ4v) is 2.77. The molecule has 0 bridgehead atoms. The molecule has 1 aromatic carbocycles. The summed E-state index contributed by atoms with van der Waals surface area (Å²) in [6.07, 6.45) is 8.92. The summed E-state index contributed by atoms with van der Waals surface area (Å²) < 4.78 is 5.33. The van der Waals surface area contributed by atoms with E-state index >= 15 is 0 Å². The number of hydrogen-bond acceptors (Lipinski definition) is 2. The molecule has 1 atom stereocenters. The SMILES string of the molecule is C#CCOc1ccc(C2=[C-]CC(Br)C(=O)N2CC)c(Cl)c1.[Y]. The Morgan fingerprint density at radius 2 is 2.32 bits per heavy atom. The van der Waals surface area contributed by atoms with Gasteiger partial charge in [0.05, 0.1) is 4.83 Å². The van der Waals surface area contributed by atoms with Gasteiger partial charge in [-0.2, -0.15) is 0 Å². The minimum absolute atomic E-state index is 0. The normalized spacial score (nSPS) is 17.4. The van der Waals surface area contributed by atoms with Crippen molar-refractivity contribution in [3.05, 3.63) is 34.9 Å². The van der Waals surface area contributed by atoms with Gasteiger partial charge in [0, 0.05) is 39.3 Å². The monoisotopic (exact) mass is 455 g/mol. The molecule has 0 saturated carbocycles. The van der Waals surface area contributed by atoms with E-state index in [0.29, 0.717) is 29.4 Å². The number of hydrogen-bond donors (Lipinski definition) is 0. The van der Waals surface area contributed by atoms with Crippen LogP contribution in [0, 0.1) is 18.4 Å². The van der Waals surface area contributed by atoms with Crippen LogP contribution in [0.15, 0.2) is 18.2 Å². The van der Waals surface area contributed by atoms with Gasteiger partial charge in [-0.15, -0.1) is 35.4 Å². The van der Waals surface area contributed by atoms with Crippen molar-refractivity contribution in [2.24, 2.45) is 0 Å². The Labute approximate surface area is 169 Å². The van der Waals surface area contributed by atoms with Crippen molar-refractivity contribution < 1.29 is 42.2 Å².